The predicted molar refractivity (Wildman–Crippen MR) is 75.3 cm³/mol. The van der Waals surface area contributed by atoms with Crippen LogP contribution in [0.5, 0.6) is 0 Å². The van der Waals surface area contributed by atoms with E-state index >= 15 is 0 Å². The lowest BCUT2D eigenvalue weighted by Crippen LogP contribution is -2.30. The van der Waals surface area contributed by atoms with Gasteiger partial charge in [0.2, 0.25) is 0 Å². The van der Waals surface area contributed by atoms with Crippen LogP contribution in [0, 0.1) is 10.1 Å². The van der Waals surface area contributed by atoms with Crippen molar-refractivity contribution in [1.82, 2.24) is 5.32 Å². The number of nitrogens with one attached hydrogen (secondary N) is 1. The van der Waals surface area contributed by atoms with Gasteiger partial charge in [0.05, 0.1) is 10.5 Å². The zero-order valence-corrected chi connectivity index (χ0v) is 11.1. The maximum Gasteiger partial charge on any atom is 0.292 e. The van der Waals surface area contributed by atoms with Gasteiger partial charge in [0.1, 0.15) is 5.69 Å². The predicted octanol–water partition coefficient (Wildman–Crippen LogP) is 1.80. The number of nitrogens with zero attached hydrogens (tertiary/aromatic N) is 1. The summed E-state index contributed by atoms with van der Waals surface area (Å²) in [5.41, 5.74) is 5.51. The summed E-state index contributed by atoms with van der Waals surface area (Å²) in [6.07, 6.45) is 2.26. The first-order valence-electron chi connectivity index (χ1n) is 6.02. The van der Waals surface area contributed by atoms with Gasteiger partial charge in [-0.1, -0.05) is 6.07 Å². The lowest BCUT2D eigenvalue weighted by molar-refractivity contribution is -0.383. The summed E-state index contributed by atoms with van der Waals surface area (Å²) in [7, 11) is 0. The number of carbonyl (C=O) groups is 1. The minimum Gasteiger partial charge on any atom is -0.393 e. The Labute approximate surface area is 114 Å². The zero-order chi connectivity index (χ0) is 13.8. The fourth-order valence-corrected chi connectivity index (χ4v) is 3.22. The highest BCUT2D eigenvalue weighted by Crippen LogP contribution is 2.26. The number of hydrogen-bond donors (Lipinski definition) is 2. The number of rotatable bonds is 4. The molecular formula is C12H15N3O3S. The number of amides is 1. The second-order valence-corrected chi connectivity index (χ2v) is 5.75. The molecule has 7 heteroatoms. The van der Waals surface area contributed by atoms with E-state index in [1.807, 2.05) is 11.8 Å². The number of nitrogens with two attached hydrogens (primary N) is 1. The van der Waals surface area contributed by atoms with Crippen molar-refractivity contribution in [2.45, 2.75) is 18.1 Å². The number of nitro groups is 1. The lowest BCUT2D eigenvalue weighted by Gasteiger charge is -2.11. The van der Waals surface area contributed by atoms with E-state index in [-0.39, 0.29) is 22.8 Å². The molecule has 0 spiro atoms. The van der Waals surface area contributed by atoms with E-state index in [0.717, 1.165) is 12.2 Å². The summed E-state index contributed by atoms with van der Waals surface area (Å²) < 4.78 is 0. The zero-order valence-electron chi connectivity index (χ0n) is 10.3. The van der Waals surface area contributed by atoms with Crippen LogP contribution in [0.4, 0.5) is 11.4 Å². The summed E-state index contributed by atoms with van der Waals surface area (Å²) >= 11 is 1.84. The third-order valence-electron chi connectivity index (χ3n) is 3.04. The van der Waals surface area contributed by atoms with Crippen molar-refractivity contribution in [3.05, 3.63) is 33.9 Å². The molecule has 1 unspecified atom stereocenters. The first-order valence-corrected chi connectivity index (χ1v) is 7.07. The molecule has 0 saturated carbocycles. The van der Waals surface area contributed by atoms with E-state index in [4.69, 9.17) is 5.73 Å². The fraction of sp³-hybridized carbons (Fsp3) is 0.417. The van der Waals surface area contributed by atoms with Crippen molar-refractivity contribution in [3.63, 3.8) is 0 Å². The van der Waals surface area contributed by atoms with E-state index in [1.165, 1.54) is 24.6 Å². The van der Waals surface area contributed by atoms with Crippen LogP contribution in [0.15, 0.2) is 18.2 Å². The fourth-order valence-electron chi connectivity index (χ4n) is 2.02. The van der Waals surface area contributed by atoms with Gasteiger partial charge in [0, 0.05) is 17.9 Å². The molecule has 2 rings (SSSR count). The van der Waals surface area contributed by atoms with E-state index in [0.29, 0.717) is 11.8 Å². The van der Waals surface area contributed by atoms with Crippen molar-refractivity contribution in [2.24, 2.45) is 0 Å². The van der Waals surface area contributed by atoms with Gasteiger partial charge in [0.25, 0.3) is 11.6 Å². The van der Waals surface area contributed by atoms with Crippen molar-refractivity contribution in [1.29, 1.82) is 0 Å². The van der Waals surface area contributed by atoms with Crippen LogP contribution in [0.1, 0.15) is 23.2 Å². The van der Waals surface area contributed by atoms with E-state index in [1.54, 1.807) is 0 Å². The second kappa shape index (κ2) is 5.92. The summed E-state index contributed by atoms with van der Waals surface area (Å²) in [4.78, 5) is 22.1. The molecule has 1 aromatic carbocycles. The van der Waals surface area contributed by atoms with Gasteiger partial charge in [-0.15, -0.1) is 0 Å². The molecule has 1 saturated heterocycles. The van der Waals surface area contributed by atoms with Gasteiger partial charge in [-0.2, -0.15) is 11.8 Å². The summed E-state index contributed by atoms with van der Waals surface area (Å²) in [5, 5.41) is 14.0. The molecule has 0 bridgehead atoms. The molecule has 1 fully saturated rings. The molecule has 19 heavy (non-hydrogen) atoms. The molecule has 1 aromatic rings. The number of thioether (sulfide) groups is 1. The number of para-hydroxylation sites is 1. The highest BCUT2D eigenvalue weighted by Gasteiger charge is 2.21. The molecule has 6 nitrogen and oxygen atoms in total. The summed E-state index contributed by atoms with van der Waals surface area (Å²) in [6, 6.07) is 4.26. The topological polar surface area (TPSA) is 98.3 Å². The highest BCUT2D eigenvalue weighted by molar-refractivity contribution is 8.00. The number of nitrogen functional groups attached to an aromatic ring is 1. The average Bonchev–Trinajstić information content (AvgIpc) is 2.89. The third kappa shape index (κ3) is 3.17. The monoisotopic (exact) mass is 281 g/mol. The van der Waals surface area contributed by atoms with Crippen LogP contribution in [0.25, 0.3) is 0 Å². The van der Waals surface area contributed by atoms with E-state index in [9.17, 15) is 14.9 Å². The van der Waals surface area contributed by atoms with Crippen LogP contribution in [0.2, 0.25) is 0 Å². The summed E-state index contributed by atoms with van der Waals surface area (Å²) in [6.45, 7) is 0.575. The molecule has 0 radical (unpaired) electrons. The number of nitro benzene ring substituents is 1. The minimum absolute atomic E-state index is 0.0796. The Kier molecular flexibility index (Phi) is 4.26. The molecular weight excluding hydrogens is 266 g/mol. The van der Waals surface area contributed by atoms with Crippen molar-refractivity contribution in [2.75, 3.05) is 18.0 Å². The molecule has 0 aromatic heterocycles. The number of anilines is 1. The Morgan fingerprint density at radius 3 is 3.00 bits per heavy atom. The van der Waals surface area contributed by atoms with Crippen LogP contribution >= 0.6 is 11.8 Å². The maximum absolute atomic E-state index is 12.0. The van der Waals surface area contributed by atoms with E-state index in [2.05, 4.69) is 5.32 Å². The second-order valence-electron chi connectivity index (χ2n) is 4.34. The molecule has 1 aliphatic rings. The Bertz CT molecular complexity index is 501. The quantitative estimate of drug-likeness (QED) is 0.498. The molecule has 102 valence electrons. The smallest absolute Gasteiger partial charge is 0.292 e. The first-order chi connectivity index (χ1) is 9.09. The highest BCUT2D eigenvalue weighted by atomic mass is 32.2. The lowest BCUT2D eigenvalue weighted by atomic mass is 10.1. The Morgan fingerprint density at radius 2 is 2.37 bits per heavy atom. The Morgan fingerprint density at radius 1 is 1.58 bits per heavy atom. The number of hydrogen-bond acceptors (Lipinski definition) is 5. The molecule has 3 N–H and O–H groups in total. The first kappa shape index (κ1) is 13.7. The number of benzene rings is 1. The average molecular weight is 281 g/mol. The van der Waals surface area contributed by atoms with Crippen LogP contribution in [0.3, 0.4) is 0 Å². The Balaban J connectivity index is 2.06. The van der Waals surface area contributed by atoms with Crippen LogP contribution in [-0.2, 0) is 0 Å². The van der Waals surface area contributed by atoms with Crippen molar-refractivity contribution in [3.8, 4) is 0 Å². The van der Waals surface area contributed by atoms with Crippen LogP contribution < -0.4 is 11.1 Å². The van der Waals surface area contributed by atoms with Crippen molar-refractivity contribution >= 4 is 29.0 Å². The van der Waals surface area contributed by atoms with E-state index < -0.39 is 4.92 Å². The van der Waals surface area contributed by atoms with Gasteiger partial charge in [-0.25, -0.2) is 0 Å². The normalized spacial score (nSPS) is 18.2. The SMILES string of the molecule is Nc1c(C(=O)NCC2CCCS2)cccc1[N+](=O)[O-]. The number of carbonyl (C=O) groups excluding carboxylic acids is 1. The largest absolute Gasteiger partial charge is 0.393 e. The van der Waals surface area contributed by atoms with Gasteiger partial charge in [0.15, 0.2) is 0 Å². The van der Waals surface area contributed by atoms with Crippen molar-refractivity contribution < 1.29 is 9.72 Å². The standard InChI is InChI=1S/C12H15N3O3S/c13-11-9(4-1-5-10(11)15(17)18)12(16)14-7-8-3-2-6-19-8/h1,4-5,8H,2-3,6-7,13H2,(H,14,16). The Hall–Kier alpha value is -1.76. The summed E-state index contributed by atoms with van der Waals surface area (Å²) in [5.74, 6) is 0.771. The van der Waals surface area contributed by atoms with Gasteiger partial charge in [-0.3, -0.25) is 14.9 Å². The molecule has 0 aliphatic carbocycles. The van der Waals surface area contributed by atoms with Gasteiger partial charge >= 0.3 is 0 Å². The minimum atomic E-state index is -0.584. The molecule has 1 aliphatic heterocycles. The molecule has 1 atom stereocenters. The van der Waals surface area contributed by atoms with Gasteiger partial charge in [-0.05, 0) is 24.7 Å². The molecule has 1 amide bonds. The third-order valence-corrected chi connectivity index (χ3v) is 4.44. The van der Waals surface area contributed by atoms with Gasteiger partial charge < -0.3 is 11.1 Å². The molecule has 1 heterocycles. The maximum atomic E-state index is 12.0. The van der Waals surface area contributed by atoms with Crippen LogP contribution in [-0.4, -0.2) is 28.4 Å².